The average molecular weight is 324 g/mol. The minimum absolute atomic E-state index is 0.0527. The lowest BCUT2D eigenvalue weighted by molar-refractivity contribution is -0.150. The van der Waals surface area contributed by atoms with Crippen LogP contribution < -0.4 is 5.32 Å². The Balaban J connectivity index is 2.64. The van der Waals surface area contributed by atoms with Crippen LogP contribution in [0.25, 0.3) is 0 Å². The van der Waals surface area contributed by atoms with E-state index < -0.39 is 28.0 Å². The molecule has 0 aliphatic heterocycles. The van der Waals surface area contributed by atoms with Gasteiger partial charge in [-0.3, -0.25) is 0 Å². The van der Waals surface area contributed by atoms with E-state index in [4.69, 9.17) is 0 Å². The molecule has 0 radical (unpaired) electrons. The highest BCUT2D eigenvalue weighted by atomic mass is 32.2. The van der Waals surface area contributed by atoms with Crippen LogP contribution in [0.5, 0.6) is 0 Å². The molecule has 1 unspecified atom stereocenters. The summed E-state index contributed by atoms with van der Waals surface area (Å²) in [5.74, 6) is -1.00. The highest BCUT2D eigenvalue weighted by Crippen LogP contribution is 2.22. The summed E-state index contributed by atoms with van der Waals surface area (Å²) >= 11 is 0. The number of alkyl halides is 3. The zero-order valence-electron chi connectivity index (χ0n) is 11.9. The van der Waals surface area contributed by atoms with Crippen LogP contribution in [0.3, 0.4) is 0 Å². The lowest BCUT2D eigenvalue weighted by atomic mass is 10.1. The molecular weight excluding hydrogens is 305 g/mol. The molecule has 0 fully saturated rings. The summed E-state index contributed by atoms with van der Waals surface area (Å²) in [5.41, 5.74) is 0.890. The summed E-state index contributed by atoms with van der Waals surface area (Å²) in [6, 6.07) is 6.95. The molecule has 8 heteroatoms. The molecule has 0 bridgehead atoms. The molecule has 4 nitrogen and oxygen atoms in total. The number of hydrogen-bond donors (Lipinski definition) is 1. The Morgan fingerprint density at radius 1 is 1.19 bits per heavy atom. The lowest BCUT2D eigenvalue weighted by Crippen LogP contribution is -2.49. The van der Waals surface area contributed by atoms with Gasteiger partial charge < -0.3 is 5.32 Å². The van der Waals surface area contributed by atoms with Gasteiger partial charge in [-0.1, -0.05) is 30.3 Å². The van der Waals surface area contributed by atoms with Gasteiger partial charge in [0.25, 0.3) is 0 Å². The number of sulfonamides is 1. The number of nitrogens with one attached hydrogen (secondary N) is 1. The first-order chi connectivity index (χ1) is 9.63. The Kier molecular flexibility index (Phi) is 6.18. The van der Waals surface area contributed by atoms with Crippen molar-refractivity contribution >= 4 is 10.0 Å². The predicted molar refractivity (Wildman–Crippen MR) is 75.5 cm³/mol. The minimum Gasteiger partial charge on any atom is -0.305 e. The van der Waals surface area contributed by atoms with Gasteiger partial charge in [-0.2, -0.15) is 13.2 Å². The second-order valence-electron chi connectivity index (χ2n) is 4.84. The molecule has 21 heavy (non-hydrogen) atoms. The second kappa shape index (κ2) is 7.24. The van der Waals surface area contributed by atoms with Gasteiger partial charge in [0.05, 0.1) is 5.75 Å². The molecule has 1 aromatic carbocycles. The maximum atomic E-state index is 12.9. The van der Waals surface area contributed by atoms with E-state index >= 15 is 0 Å². The number of hydrogen-bond acceptors (Lipinski definition) is 3. The normalized spacial score (nSPS) is 14.4. The maximum absolute atomic E-state index is 12.9. The van der Waals surface area contributed by atoms with Crippen molar-refractivity contribution in [2.75, 3.05) is 26.4 Å². The third-order valence-electron chi connectivity index (χ3n) is 2.98. The highest BCUT2D eigenvalue weighted by molar-refractivity contribution is 7.89. The Morgan fingerprint density at radius 3 is 2.24 bits per heavy atom. The van der Waals surface area contributed by atoms with E-state index in [0.29, 0.717) is 6.42 Å². The van der Waals surface area contributed by atoms with E-state index in [2.05, 4.69) is 5.32 Å². The largest absolute Gasteiger partial charge is 0.404 e. The molecule has 0 heterocycles. The van der Waals surface area contributed by atoms with Crippen LogP contribution in [-0.4, -0.2) is 51.3 Å². The zero-order chi connectivity index (χ0) is 16.1. The van der Waals surface area contributed by atoms with Crippen molar-refractivity contribution in [1.82, 2.24) is 9.62 Å². The van der Waals surface area contributed by atoms with Crippen molar-refractivity contribution in [3.05, 3.63) is 35.9 Å². The van der Waals surface area contributed by atoms with E-state index in [0.717, 1.165) is 9.87 Å². The molecule has 1 N–H and O–H groups in total. The summed E-state index contributed by atoms with van der Waals surface area (Å²) in [7, 11) is -1.49. The fourth-order valence-electron chi connectivity index (χ4n) is 1.66. The van der Waals surface area contributed by atoms with E-state index in [-0.39, 0.29) is 6.54 Å². The number of halogens is 3. The lowest BCUT2D eigenvalue weighted by Gasteiger charge is -2.23. The topological polar surface area (TPSA) is 49.4 Å². The summed E-state index contributed by atoms with van der Waals surface area (Å²) in [6.07, 6.45) is -4.21. The van der Waals surface area contributed by atoms with E-state index in [1.165, 1.54) is 14.1 Å². The molecular formula is C13H19F3N2O2S. The Labute approximate surface area is 123 Å². The third kappa shape index (κ3) is 6.03. The molecule has 0 aliphatic rings. The SMILES string of the molecule is CN(C)S(=O)(=O)CC(NCCc1ccccc1)C(F)(F)F. The van der Waals surface area contributed by atoms with Crippen LogP contribution in [0.4, 0.5) is 13.2 Å². The predicted octanol–water partition coefficient (Wildman–Crippen LogP) is 1.64. The van der Waals surface area contributed by atoms with Crippen molar-refractivity contribution in [3.63, 3.8) is 0 Å². The Hall–Kier alpha value is -1.12. The maximum Gasteiger partial charge on any atom is 0.404 e. The van der Waals surface area contributed by atoms with E-state index in [1.807, 2.05) is 6.07 Å². The first kappa shape index (κ1) is 17.9. The van der Waals surface area contributed by atoms with Gasteiger partial charge in [0.15, 0.2) is 0 Å². The van der Waals surface area contributed by atoms with Crippen molar-refractivity contribution < 1.29 is 21.6 Å². The van der Waals surface area contributed by atoms with Crippen molar-refractivity contribution in [2.24, 2.45) is 0 Å². The quantitative estimate of drug-likeness (QED) is 0.829. The van der Waals surface area contributed by atoms with Crippen molar-refractivity contribution in [1.29, 1.82) is 0 Å². The molecule has 120 valence electrons. The van der Waals surface area contributed by atoms with Gasteiger partial charge in [0.1, 0.15) is 6.04 Å². The molecule has 0 amide bonds. The van der Waals surface area contributed by atoms with Crippen molar-refractivity contribution in [2.45, 2.75) is 18.6 Å². The first-order valence-corrected chi connectivity index (χ1v) is 7.98. The number of nitrogens with zero attached hydrogens (tertiary/aromatic N) is 1. The third-order valence-corrected chi connectivity index (χ3v) is 4.84. The summed E-state index contributed by atoms with van der Waals surface area (Å²) in [4.78, 5) is 0. The van der Waals surface area contributed by atoms with Gasteiger partial charge >= 0.3 is 6.18 Å². The molecule has 0 saturated heterocycles. The van der Waals surface area contributed by atoms with E-state index in [9.17, 15) is 21.6 Å². The molecule has 1 rings (SSSR count). The Bertz CT molecular complexity index is 530. The Morgan fingerprint density at radius 2 is 1.76 bits per heavy atom. The van der Waals surface area contributed by atoms with Crippen LogP contribution in [0.2, 0.25) is 0 Å². The molecule has 1 aromatic rings. The minimum atomic E-state index is -4.61. The fourth-order valence-corrected chi connectivity index (χ4v) is 2.69. The first-order valence-electron chi connectivity index (χ1n) is 6.37. The monoisotopic (exact) mass is 324 g/mol. The summed E-state index contributed by atoms with van der Waals surface area (Å²) in [6.45, 7) is 0.0527. The van der Waals surface area contributed by atoms with Gasteiger partial charge in [0.2, 0.25) is 10.0 Å². The zero-order valence-corrected chi connectivity index (χ0v) is 12.7. The van der Waals surface area contributed by atoms with E-state index in [1.54, 1.807) is 24.3 Å². The van der Waals surface area contributed by atoms with Gasteiger partial charge in [-0.15, -0.1) is 0 Å². The van der Waals surface area contributed by atoms with Crippen LogP contribution in [-0.2, 0) is 16.4 Å². The summed E-state index contributed by atoms with van der Waals surface area (Å²) in [5, 5.41) is 2.29. The molecule has 0 spiro atoms. The molecule has 0 aromatic heterocycles. The van der Waals surface area contributed by atoms with Crippen LogP contribution in [0, 0.1) is 0 Å². The van der Waals surface area contributed by atoms with Crippen molar-refractivity contribution in [3.8, 4) is 0 Å². The standard InChI is InChI=1S/C13H19F3N2O2S/c1-18(2)21(19,20)10-12(13(14,15)16)17-9-8-11-6-4-3-5-7-11/h3-7,12,17H,8-10H2,1-2H3. The average Bonchev–Trinajstić information content (AvgIpc) is 2.37. The van der Waals surface area contributed by atoms with Gasteiger partial charge in [0, 0.05) is 14.1 Å². The van der Waals surface area contributed by atoms with Gasteiger partial charge in [-0.05, 0) is 18.5 Å². The molecule has 0 aliphatic carbocycles. The fraction of sp³-hybridized carbons (Fsp3) is 0.538. The number of benzene rings is 1. The molecule has 1 atom stereocenters. The number of rotatable bonds is 7. The summed E-state index contributed by atoms with van der Waals surface area (Å²) < 4.78 is 62.7. The smallest absolute Gasteiger partial charge is 0.305 e. The second-order valence-corrected chi connectivity index (χ2v) is 7.07. The van der Waals surface area contributed by atoms with Crippen LogP contribution >= 0.6 is 0 Å². The van der Waals surface area contributed by atoms with Crippen LogP contribution in [0.15, 0.2) is 30.3 Å². The van der Waals surface area contributed by atoms with Crippen LogP contribution in [0.1, 0.15) is 5.56 Å². The van der Waals surface area contributed by atoms with Gasteiger partial charge in [-0.25, -0.2) is 12.7 Å². The molecule has 0 saturated carbocycles. The highest BCUT2D eigenvalue weighted by Gasteiger charge is 2.42.